The summed E-state index contributed by atoms with van der Waals surface area (Å²) in [6, 6.07) is 7.81. The molecule has 2 aromatic rings. The number of rotatable bonds is 3. The summed E-state index contributed by atoms with van der Waals surface area (Å²) in [5.41, 5.74) is 0.864. The van der Waals surface area contributed by atoms with Crippen LogP contribution in [0.5, 0.6) is 0 Å². The van der Waals surface area contributed by atoms with Crippen molar-refractivity contribution >= 4 is 23.2 Å². The Morgan fingerprint density at radius 1 is 0.895 bits per heavy atom. The van der Waals surface area contributed by atoms with Gasteiger partial charge in [0, 0.05) is 22.5 Å². The highest BCUT2D eigenvalue weighted by atomic mass is 35.5. The van der Waals surface area contributed by atoms with Crippen LogP contribution in [0.25, 0.3) is 0 Å². The summed E-state index contributed by atoms with van der Waals surface area (Å²) in [5.74, 6) is -1.35. The molecule has 0 spiro atoms. The predicted octanol–water partition coefficient (Wildman–Crippen LogP) is 4.55. The molecule has 0 radical (unpaired) electrons. The van der Waals surface area contributed by atoms with Crippen molar-refractivity contribution in [3.63, 3.8) is 0 Å². The van der Waals surface area contributed by atoms with Crippen LogP contribution < -0.4 is 0 Å². The van der Waals surface area contributed by atoms with Crippen LogP contribution in [-0.4, -0.2) is 5.11 Å². The van der Waals surface area contributed by atoms with Gasteiger partial charge in [-0.05, 0) is 41.5 Å². The molecule has 0 aliphatic carbocycles. The minimum absolute atomic E-state index is 0.0748. The van der Waals surface area contributed by atoms with Gasteiger partial charge in [0.15, 0.2) is 0 Å². The van der Waals surface area contributed by atoms with Crippen molar-refractivity contribution in [1.82, 2.24) is 0 Å². The SMILES string of the molecule is OC(Cc1cc(F)cc(F)c1)c1cc(Cl)cc(Cl)c1. The highest BCUT2D eigenvalue weighted by Gasteiger charge is 2.12. The van der Waals surface area contributed by atoms with Gasteiger partial charge in [-0.1, -0.05) is 23.2 Å². The van der Waals surface area contributed by atoms with E-state index in [9.17, 15) is 13.9 Å². The van der Waals surface area contributed by atoms with Crippen molar-refractivity contribution < 1.29 is 13.9 Å². The van der Waals surface area contributed by atoms with Gasteiger partial charge in [0.1, 0.15) is 11.6 Å². The number of aliphatic hydroxyl groups excluding tert-OH is 1. The van der Waals surface area contributed by atoms with Gasteiger partial charge in [0.05, 0.1) is 6.10 Å². The Hall–Kier alpha value is -1.16. The van der Waals surface area contributed by atoms with Gasteiger partial charge < -0.3 is 5.11 Å². The van der Waals surface area contributed by atoms with Gasteiger partial charge in [-0.3, -0.25) is 0 Å². The number of halogens is 4. The molecule has 1 atom stereocenters. The Bertz CT molecular complexity index is 561. The van der Waals surface area contributed by atoms with E-state index in [4.69, 9.17) is 23.2 Å². The largest absolute Gasteiger partial charge is 0.388 e. The summed E-state index contributed by atoms with van der Waals surface area (Å²) in [4.78, 5) is 0. The Morgan fingerprint density at radius 2 is 1.42 bits per heavy atom. The van der Waals surface area contributed by atoms with Crippen LogP contribution in [0.3, 0.4) is 0 Å². The van der Waals surface area contributed by atoms with Crippen LogP contribution in [0, 0.1) is 11.6 Å². The molecular weight excluding hydrogens is 293 g/mol. The lowest BCUT2D eigenvalue weighted by Gasteiger charge is -2.12. The Morgan fingerprint density at radius 3 is 1.95 bits per heavy atom. The molecule has 5 heteroatoms. The smallest absolute Gasteiger partial charge is 0.126 e. The van der Waals surface area contributed by atoms with Crippen LogP contribution in [-0.2, 0) is 6.42 Å². The first kappa shape index (κ1) is 14.3. The zero-order valence-electron chi connectivity index (χ0n) is 9.71. The van der Waals surface area contributed by atoms with Gasteiger partial charge in [-0.15, -0.1) is 0 Å². The third kappa shape index (κ3) is 3.90. The van der Waals surface area contributed by atoms with Crippen molar-refractivity contribution in [2.45, 2.75) is 12.5 Å². The third-order valence-electron chi connectivity index (χ3n) is 2.62. The maximum atomic E-state index is 13.0. The average Bonchev–Trinajstić information content (AvgIpc) is 2.25. The fraction of sp³-hybridized carbons (Fsp3) is 0.143. The summed E-state index contributed by atoms with van der Waals surface area (Å²) in [6.07, 6.45) is -0.858. The second-order valence-electron chi connectivity index (χ2n) is 4.20. The first-order chi connectivity index (χ1) is 8.94. The standard InChI is InChI=1S/C14H10Cl2F2O/c15-10-4-9(5-11(16)6-10)14(19)3-8-1-12(17)7-13(18)2-8/h1-2,4-7,14,19H,3H2. The molecule has 2 rings (SSSR count). The van der Waals surface area contributed by atoms with E-state index in [-0.39, 0.29) is 6.42 Å². The zero-order chi connectivity index (χ0) is 14.0. The van der Waals surface area contributed by atoms with E-state index in [0.29, 0.717) is 21.2 Å². The molecule has 0 saturated carbocycles. The monoisotopic (exact) mass is 302 g/mol. The number of hydrogen-bond acceptors (Lipinski definition) is 1. The van der Waals surface area contributed by atoms with E-state index in [1.165, 1.54) is 12.1 Å². The Kier molecular flexibility index (Phi) is 4.40. The highest BCUT2D eigenvalue weighted by molar-refractivity contribution is 6.34. The Labute approximate surface area is 119 Å². The molecule has 100 valence electrons. The maximum absolute atomic E-state index is 13.0. The van der Waals surface area contributed by atoms with E-state index in [2.05, 4.69) is 0 Å². The molecule has 0 aromatic heterocycles. The predicted molar refractivity (Wildman–Crippen MR) is 71.5 cm³/mol. The molecule has 1 nitrogen and oxygen atoms in total. The van der Waals surface area contributed by atoms with E-state index >= 15 is 0 Å². The van der Waals surface area contributed by atoms with Crippen molar-refractivity contribution in [3.8, 4) is 0 Å². The molecule has 0 aliphatic heterocycles. The number of benzene rings is 2. The minimum Gasteiger partial charge on any atom is -0.388 e. The van der Waals surface area contributed by atoms with Crippen molar-refractivity contribution in [3.05, 3.63) is 69.2 Å². The summed E-state index contributed by atoms with van der Waals surface area (Å²) < 4.78 is 26.1. The molecule has 1 N–H and O–H groups in total. The van der Waals surface area contributed by atoms with Crippen molar-refractivity contribution in [1.29, 1.82) is 0 Å². The van der Waals surface area contributed by atoms with Crippen LogP contribution >= 0.6 is 23.2 Å². The molecule has 0 bridgehead atoms. The maximum Gasteiger partial charge on any atom is 0.126 e. The molecule has 0 fully saturated rings. The van der Waals surface area contributed by atoms with Gasteiger partial charge in [0.25, 0.3) is 0 Å². The summed E-state index contributed by atoms with van der Waals surface area (Å²) in [5, 5.41) is 10.8. The lowest BCUT2D eigenvalue weighted by molar-refractivity contribution is 0.178. The molecule has 2 aromatic carbocycles. The highest BCUT2D eigenvalue weighted by Crippen LogP contribution is 2.26. The average molecular weight is 303 g/mol. The second kappa shape index (κ2) is 5.87. The third-order valence-corrected chi connectivity index (χ3v) is 3.06. The molecule has 0 amide bonds. The fourth-order valence-electron chi connectivity index (χ4n) is 1.84. The van der Waals surface area contributed by atoms with E-state index < -0.39 is 17.7 Å². The molecule has 0 saturated heterocycles. The normalized spacial score (nSPS) is 12.5. The first-order valence-electron chi connectivity index (χ1n) is 5.53. The quantitative estimate of drug-likeness (QED) is 0.882. The van der Waals surface area contributed by atoms with Gasteiger partial charge in [-0.2, -0.15) is 0 Å². The summed E-state index contributed by atoms with van der Waals surface area (Å²) >= 11 is 11.7. The van der Waals surface area contributed by atoms with E-state index in [0.717, 1.165) is 6.07 Å². The molecule has 0 heterocycles. The van der Waals surface area contributed by atoms with Gasteiger partial charge >= 0.3 is 0 Å². The second-order valence-corrected chi connectivity index (χ2v) is 5.07. The lowest BCUT2D eigenvalue weighted by atomic mass is 10.0. The molecule has 19 heavy (non-hydrogen) atoms. The number of aliphatic hydroxyl groups is 1. The lowest BCUT2D eigenvalue weighted by Crippen LogP contribution is -2.02. The van der Waals surface area contributed by atoms with Gasteiger partial charge in [0.2, 0.25) is 0 Å². The van der Waals surface area contributed by atoms with Crippen LogP contribution in [0.4, 0.5) is 8.78 Å². The Balaban J connectivity index is 2.22. The first-order valence-corrected chi connectivity index (χ1v) is 6.28. The fourth-order valence-corrected chi connectivity index (χ4v) is 2.38. The summed E-state index contributed by atoms with van der Waals surface area (Å²) in [7, 11) is 0. The molecule has 1 unspecified atom stereocenters. The minimum atomic E-state index is -0.933. The number of hydrogen-bond donors (Lipinski definition) is 1. The van der Waals surface area contributed by atoms with Crippen molar-refractivity contribution in [2.24, 2.45) is 0 Å². The molecular formula is C14H10Cl2F2O. The zero-order valence-corrected chi connectivity index (χ0v) is 11.2. The van der Waals surface area contributed by atoms with E-state index in [1.54, 1.807) is 18.2 Å². The summed E-state index contributed by atoms with van der Waals surface area (Å²) in [6.45, 7) is 0. The van der Waals surface area contributed by atoms with Gasteiger partial charge in [-0.25, -0.2) is 8.78 Å². The van der Waals surface area contributed by atoms with Crippen molar-refractivity contribution in [2.75, 3.05) is 0 Å². The topological polar surface area (TPSA) is 20.2 Å². The van der Waals surface area contributed by atoms with Crippen LogP contribution in [0.15, 0.2) is 36.4 Å². The molecule has 0 aliphatic rings. The van der Waals surface area contributed by atoms with Crippen LogP contribution in [0.1, 0.15) is 17.2 Å². The van der Waals surface area contributed by atoms with E-state index in [1.807, 2.05) is 0 Å². The van der Waals surface area contributed by atoms with Crippen LogP contribution in [0.2, 0.25) is 10.0 Å².